The van der Waals surface area contributed by atoms with E-state index >= 15 is 0 Å². The summed E-state index contributed by atoms with van der Waals surface area (Å²) in [6.07, 6.45) is 3.10. The topological polar surface area (TPSA) is 73.8 Å². The third kappa shape index (κ3) is 2.51. The summed E-state index contributed by atoms with van der Waals surface area (Å²) < 4.78 is 15.1. The molecular weight excluding hydrogens is 238 g/mol. The predicted molar refractivity (Wildman–Crippen MR) is 62.6 cm³/mol. The fraction of sp³-hybridized carbons (Fsp3) is 0.545. The summed E-state index contributed by atoms with van der Waals surface area (Å²) in [5.74, 6) is 0.634. The fourth-order valence-corrected chi connectivity index (χ4v) is 1.78. The minimum absolute atomic E-state index is 0.283. The van der Waals surface area contributed by atoms with Gasteiger partial charge < -0.3 is 19.1 Å². The number of morpholine rings is 1. The summed E-state index contributed by atoms with van der Waals surface area (Å²) in [7, 11) is 2.87. The molecule has 1 saturated heterocycles. The van der Waals surface area contributed by atoms with Gasteiger partial charge in [0, 0.05) is 6.54 Å². The number of hydrogen-bond donors (Lipinski definition) is 0. The minimum atomic E-state index is -0.495. The summed E-state index contributed by atoms with van der Waals surface area (Å²) in [6, 6.07) is -0.495. The second kappa shape index (κ2) is 5.63. The van der Waals surface area contributed by atoms with Crippen molar-refractivity contribution in [2.24, 2.45) is 0 Å². The number of ether oxygens (including phenoxy) is 3. The molecule has 0 N–H and O–H groups in total. The van der Waals surface area contributed by atoms with Crippen molar-refractivity contribution in [2.45, 2.75) is 6.04 Å². The van der Waals surface area contributed by atoms with Gasteiger partial charge in [0.2, 0.25) is 5.88 Å². The van der Waals surface area contributed by atoms with Gasteiger partial charge in [0.15, 0.2) is 11.9 Å². The van der Waals surface area contributed by atoms with E-state index in [9.17, 15) is 4.79 Å². The smallest absolute Gasteiger partial charge is 0.330 e. The van der Waals surface area contributed by atoms with Crippen molar-refractivity contribution in [2.75, 3.05) is 38.9 Å². The van der Waals surface area contributed by atoms with Crippen LogP contribution in [0, 0.1) is 0 Å². The predicted octanol–water partition coefficient (Wildman–Crippen LogP) is -0.137. The van der Waals surface area contributed by atoms with E-state index in [2.05, 4.69) is 9.97 Å². The number of anilines is 1. The van der Waals surface area contributed by atoms with Crippen LogP contribution in [0.5, 0.6) is 5.88 Å². The van der Waals surface area contributed by atoms with Crippen LogP contribution in [0.2, 0.25) is 0 Å². The lowest BCUT2D eigenvalue weighted by Crippen LogP contribution is -2.51. The van der Waals surface area contributed by atoms with Gasteiger partial charge in [-0.3, -0.25) is 4.98 Å². The van der Waals surface area contributed by atoms with Crippen LogP contribution in [0.1, 0.15) is 0 Å². The molecule has 98 valence electrons. The van der Waals surface area contributed by atoms with Gasteiger partial charge in [-0.2, -0.15) is 4.98 Å². The van der Waals surface area contributed by atoms with E-state index in [-0.39, 0.29) is 12.6 Å². The van der Waals surface area contributed by atoms with Crippen LogP contribution in [0.3, 0.4) is 0 Å². The Balaban J connectivity index is 2.24. The molecule has 2 heterocycles. The molecule has 18 heavy (non-hydrogen) atoms. The number of rotatable bonds is 3. The third-order valence-corrected chi connectivity index (χ3v) is 2.70. The van der Waals surface area contributed by atoms with Crippen molar-refractivity contribution >= 4 is 11.8 Å². The Morgan fingerprint density at radius 3 is 3.06 bits per heavy atom. The van der Waals surface area contributed by atoms with Gasteiger partial charge >= 0.3 is 5.97 Å². The molecule has 0 radical (unpaired) electrons. The second-order valence-corrected chi connectivity index (χ2v) is 3.73. The van der Waals surface area contributed by atoms with Crippen LogP contribution in [-0.4, -0.2) is 56.0 Å². The molecule has 0 amide bonds. The number of nitrogens with zero attached hydrogens (tertiary/aromatic N) is 3. The van der Waals surface area contributed by atoms with Gasteiger partial charge in [-0.15, -0.1) is 0 Å². The Labute approximate surface area is 105 Å². The highest BCUT2D eigenvalue weighted by Gasteiger charge is 2.31. The zero-order valence-electron chi connectivity index (χ0n) is 10.3. The average Bonchev–Trinajstić information content (AvgIpc) is 2.46. The van der Waals surface area contributed by atoms with Crippen LogP contribution in [-0.2, 0) is 14.3 Å². The maximum Gasteiger partial charge on any atom is 0.330 e. The zero-order chi connectivity index (χ0) is 13.0. The fourth-order valence-electron chi connectivity index (χ4n) is 1.78. The number of esters is 1. The second-order valence-electron chi connectivity index (χ2n) is 3.73. The molecule has 1 unspecified atom stereocenters. The summed E-state index contributed by atoms with van der Waals surface area (Å²) in [5.41, 5.74) is 0. The van der Waals surface area contributed by atoms with Crippen molar-refractivity contribution in [3.05, 3.63) is 12.4 Å². The molecule has 0 aliphatic carbocycles. The highest BCUT2D eigenvalue weighted by molar-refractivity contribution is 5.80. The number of carbonyl (C=O) groups is 1. The standard InChI is InChI=1S/C11H15N3O4/c1-16-10-6-12-5-9(13-10)14-3-4-18-7-8(14)11(15)17-2/h5-6,8H,3-4,7H2,1-2H3. The SMILES string of the molecule is COC(=O)C1COCCN1c1cncc(OC)n1. The van der Waals surface area contributed by atoms with E-state index in [1.807, 2.05) is 4.90 Å². The molecule has 7 nitrogen and oxygen atoms in total. The maximum absolute atomic E-state index is 11.7. The Hall–Kier alpha value is -1.89. The first-order chi connectivity index (χ1) is 8.76. The number of aromatic nitrogens is 2. The van der Waals surface area contributed by atoms with Crippen LogP contribution in [0.25, 0.3) is 0 Å². The Kier molecular flexibility index (Phi) is 3.93. The number of hydrogen-bond acceptors (Lipinski definition) is 7. The Morgan fingerprint density at radius 1 is 1.50 bits per heavy atom. The molecule has 0 saturated carbocycles. The lowest BCUT2D eigenvalue weighted by Gasteiger charge is -2.34. The van der Waals surface area contributed by atoms with E-state index in [1.54, 1.807) is 6.20 Å². The van der Waals surface area contributed by atoms with Crippen molar-refractivity contribution < 1.29 is 19.0 Å². The zero-order valence-corrected chi connectivity index (χ0v) is 10.3. The van der Waals surface area contributed by atoms with Gasteiger partial charge in [0.1, 0.15) is 0 Å². The van der Waals surface area contributed by atoms with Gasteiger partial charge in [-0.25, -0.2) is 4.79 Å². The Bertz CT molecular complexity index is 427. The molecule has 7 heteroatoms. The van der Waals surface area contributed by atoms with Crippen LogP contribution >= 0.6 is 0 Å². The normalized spacial score (nSPS) is 19.4. The maximum atomic E-state index is 11.7. The summed E-state index contributed by atoms with van der Waals surface area (Å²) in [6.45, 7) is 1.37. The van der Waals surface area contributed by atoms with E-state index in [0.717, 1.165) is 0 Å². The summed E-state index contributed by atoms with van der Waals surface area (Å²) in [4.78, 5) is 21.8. The van der Waals surface area contributed by atoms with Gasteiger partial charge in [0.25, 0.3) is 0 Å². The first-order valence-electron chi connectivity index (χ1n) is 5.54. The quantitative estimate of drug-likeness (QED) is 0.694. The summed E-state index contributed by atoms with van der Waals surface area (Å²) >= 11 is 0. The van der Waals surface area contributed by atoms with Crippen LogP contribution in [0.4, 0.5) is 5.82 Å². The largest absolute Gasteiger partial charge is 0.480 e. The van der Waals surface area contributed by atoms with Crippen molar-refractivity contribution in [3.63, 3.8) is 0 Å². The van der Waals surface area contributed by atoms with E-state index in [4.69, 9.17) is 14.2 Å². The molecule has 0 aromatic carbocycles. The molecule has 1 aliphatic rings. The van der Waals surface area contributed by atoms with Crippen molar-refractivity contribution in [1.82, 2.24) is 9.97 Å². The molecule has 1 aromatic rings. The first-order valence-corrected chi connectivity index (χ1v) is 5.54. The summed E-state index contributed by atoms with van der Waals surface area (Å²) in [5, 5.41) is 0. The molecule has 1 atom stereocenters. The molecule has 2 rings (SSSR count). The van der Waals surface area contributed by atoms with Crippen molar-refractivity contribution in [1.29, 1.82) is 0 Å². The van der Waals surface area contributed by atoms with Crippen molar-refractivity contribution in [3.8, 4) is 5.88 Å². The number of methoxy groups -OCH3 is 2. The molecule has 1 aromatic heterocycles. The lowest BCUT2D eigenvalue weighted by atomic mass is 10.2. The lowest BCUT2D eigenvalue weighted by molar-refractivity contribution is -0.144. The van der Waals surface area contributed by atoms with Gasteiger partial charge in [0.05, 0.1) is 39.8 Å². The first kappa shape index (κ1) is 12.6. The number of carbonyl (C=O) groups excluding carboxylic acids is 1. The molecule has 0 bridgehead atoms. The highest BCUT2D eigenvalue weighted by atomic mass is 16.5. The van der Waals surface area contributed by atoms with Gasteiger partial charge in [-0.05, 0) is 0 Å². The highest BCUT2D eigenvalue weighted by Crippen LogP contribution is 2.19. The van der Waals surface area contributed by atoms with Crippen LogP contribution < -0.4 is 9.64 Å². The molecule has 1 fully saturated rings. The third-order valence-electron chi connectivity index (χ3n) is 2.70. The minimum Gasteiger partial charge on any atom is -0.480 e. The van der Waals surface area contributed by atoms with Gasteiger partial charge in [-0.1, -0.05) is 0 Å². The molecular formula is C11H15N3O4. The molecule has 1 aliphatic heterocycles. The van der Waals surface area contributed by atoms with E-state index in [0.29, 0.717) is 24.8 Å². The monoisotopic (exact) mass is 253 g/mol. The Morgan fingerprint density at radius 2 is 2.33 bits per heavy atom. The van der Waals surface area contributed by atoms with E-state index < -0.39 is 6.04 Å². The average molecular weight is 253 g/mol. The van der Waals surface area contributed by atoms with E-state index in [1.165, 1.54) is 20.4 Å². The van der Waals surface area contributed by atoms with Crippen LogP contribution in [0.15, 0.2) is 12.4 Å². The molecule has 0 spiro atoms.